The van der Waals surface area contributed by atoms with Crippen LogP contribution in [-0.4, -0.2) is 29.5 Å². The summed E-state index contributed by atoms with van der Waals surface area (Å²) in [6.07, 6.45) is 1.56. The number of aromatic nitrogens is 6. The molecule has 0 aliphatic carbocycles. The van der Waals surface area contributed by atoms with Crippen LogP contribution >= 0.6 is 23.4 Å². The van der Waals surface area contributed by atoms with Crippen LogP contribution in [0.1, 0.15) is 11.4 Å². The third-order valence-corrected chi connectivity index (χ3v) is 5.31. The van der Waals surface area contributed by atoms with Gasteiger partial charge in [-0.1, -0.05) is 35.5 Å². The Morgan fingerprint density at radius 2 is 1.89 bits per heavy atom. The Balaban J connectivity index is 1.77. The number of thioether (sulfide) groups is 1. The van der Waals surface area contributed by atoms with Gasteiger partial charge in [-0.25, -0.2) is 4.98 Å². The lowest BCUT2D eigenvalue weighted by atomic mass is 10.2. The molecule has 6 nitrogen and oxygen atoms in total. The van der Waals surface area contributed by atoms with Crippen molar-refractivity contribution in [3.05, 3.63) is 71.3 Å². The normalized spacial score (nSPS) is 11.1. The van der Waals surface area contributed by atoms with Crippen LogP contribution < -0.4 is 0 Å². The first-order valence-electron chi connectivity index (χ1n) is 8.36. The fraction of sp³-hybridized carbons (Fsp3) is 0.158. The molecule has 0 amide bonds. The van der Waals surface area contributed by atoms with Crippen molar-refractivity contribution in [1.82, 2.24) is 29.5 Å². The van der Waals surface area contributed by atoms with E-state index in [2.05, 4.69) is 50.0 Å². The molecule has 0 spiro atoms. The van der Waals surface area contributed by atoms with E-state index >= 15 is 0 Å². The zero-order valence-electron chi connectivity index (χ0n) is 14.9. The maximum Gasteiger partial charge on any atom is 0.196 e. The molecule has 27 heavy (non-hydrogen) atoms. The molecular weight excluding hydrogens is 380 g/mol. The first-order chi connectivity index (χ1) is 13.1. The molecule has 0 atom stereocenters. The minimum absolute atomic E-state index is 0.654. The monoisotopic (exact) mass is 396 g/mol. The maximum atomic E-state index is 6.04. The van der Waals surface area contributed by atoms with E-state index < -0.39 is 0 Å². The topological polar surface area (TPSA) is 61.4 Å². The maximum absolute atomic E-state index is 6.04. The van der Waals surface area contributed by atoms with Crippen molar-refractivity contribution in [2.45, 2.75) is 17.8 Å². The van der Waals surface area contributed by atoms with E-state index in [1.165, 1.54) is 5.56 Å². The third-order valence-electron chi connectivity index (χ3n) is 4.13. The van der Waals surface area contributed by atoms with Crippen LogP contribution in [0.2, 0.25) is 5.02 Å². The van der Waals surface area contributed by atoms with Crippen molar-refractivity contribution >= 4 is 23.4 Å². The van der Waals surface area contributed by atoms with Gasteiger partial charge in [-0.05, 0) is 48.9 Å². The third kappa shape index (κ3) is 3.74. The van der Waals surface area contributed by atoms with Gasteiger partial charge in [0.15, 0.2) is 11.0 Å². The molecule has 4 rings (SSSR count). The highest BCUT2D eigenvalue weighted by atomic mass is 35.5. The second kappa shape index (κ2) is 7.54. The lowest BCUT2D eigenvalue weighted by Crippen LogP contribution is -2.02. The Hall–Kier alpha value is -2.64. The molecule has 8 heteroatoms. The summed E-state index contributed by atoms with van der Waals surface area (Å²) in [5.41, 5.74) is 3.15. The number of benzene rings is 2. The van der Waals surface area contributed by atoms with E-state index in [4.69, 9.17) is 11.6 Å². The molecule has 0 saturated carbocycles. The molecule has 0 radical (unpaired) electrons. The average molecular weight is 397 g/mol. The quantitative estimate of drug-likeness (QED) is 0.470. The van der Waals surface area contributed by atoms with E-state index in [9.17, 15) is 0 Å². The summed E-state index contributed by atoms with van der Waals surface area (Å²) in [5.74, 6) is 2.31. The molecule has 0 fully saturated rings. The Morgan fingerprint density at radius 3 is 2.59 bits per heavy atom. The second-order valence-electron chi connectivity index (χ2n) is 6.08. The van der Waals surface area contributed by atoms with Crippen molar-refractivity contribution in [2.75, 3.05) is 0 Å². The second-order valence-corrected chi connectivity index (χ2v) is 7.45. The van der Waals surface area contributed by atoms with Crippen molar-refractivity contribution in [3.8, 4) is 17.1 Å². The highest BCUT2D eigenvalue weighted by Gasteiger charge is 2.17. The Bertz CT molecular complexity index is 1070. The van der Waals surface area contributed by atoms with Crippen LogP contribution in [0.4, 0.5) is 0 Å². The van der Waals surface area contributed by atoms with E-state index in [0.717, 1.165) is 28.1 Å². The Morgan fingerprint density at radius 1 is 1.07 bits per heavy atom. The number of hydrogen-bond donors (Lipinski definition) is 0. The summed E-state index contributed by atoms with van der Waals surface area (Å²) in [5, 5.41) is 14.5. The van der Waals surface area contributed by atoms with E-state index in [1.54, 1.807) is 22.8 Å². The van der Waals surface area contributed by atoms with E-state index in [0.29, 0.717) is 10.8 Å². The summed E-state index contributed by atoms with van der Waals surface area (Å²) in [6.45, 7) is 2.07. The van der Waals surface area contributed by atoms with Gasteiger partial charge in [-0.3, -0.25) is 9.25 Å². The lowest BCUT2D eigenvalue weighted by Gasteiger charge is -2.11. The molecule has 0 aliphatic heterocycles. The molecule has 0 bridgehead atoms. The number of rotatable bonds is 5. The van der Waals surface area contributed by atoms with Gasteiger partial charge in [0.05, 0.1) is 5.75 Å². The van der Waals surface area contributed by atoms with Crippen LogP contribution in [0.15, 0.2) is 60.0 Å². The van der Waals surface area contributed by atoms with Gasteiger partial charge in [-0.15, -0.1) is 10.2 Å². The van der Waals surface area contributed by atoms with Gasteiger partial charge in [-0.2, -0.15) is 5.10 Å². The number of nitrogens with zero attached hydrogens (tertiary/aromatic N) is 6. The van der Waals surface area contributed by atoms with Gasteiger partial charge < -0.3 is 0 Å². The first kappa shape index (κ1) is 17.8. The summed E-state index contributed by atoms with van der Waals surface area (Å²) in [4.78, 5) is 4.28. The summed E-state index contributed by atoms with van der Waals surface area (Å²) in [6, 6.07) is 15.9. The van der Waals surface area contributed by atoms with E-state index in [1.807, 2.05) is 37.4 Å². The number of aryl methyl sites for hydroxylation is 2. The van der Waals surface area contributed by atoms with Crippen LogP contribution in [0, 0.1) is 6.92 Å². The zero-order valence-corrected chi connectivity index (χ0v) is 16.4. The molecule has 0 saturated heterocycles. The predicted molar refractivity (Wildman–Crippen MR) is 107 cm³/mol. The SMILES string of the molecule is Cc1cccc(-n2c(SCc3ncnn3C)nnc2-c2ccc(Cl)cc2)c1. The van der Waals surface area contributed by atoms with Crippen LogP contribution in [-0.2, 0) is 12.8 Å². The lowest BCUT2D eigenvalue weighted by molar-refractivity contribution is 0.729. The van der Waals surface area contributed by atoms with Crippen molar-refractivity contribution < 1.29 is 0 Å². The summed E-state index contributed by atoms with van der Waals surface area (Å²) >= 11 is 7.62. The molecule has 136 valence electrons. The molecule has 4 aromatic rings. The van der Waals surface area contributed by atoms with Gasteiger partial charge in [0.1, 0.15) is 12.2 Å². The molecule has 2 heterocycles. The molecule has 2 aromatic carbocycles. The minimum Gasteiger partial charge on any atom is -0.270 e. The fourth-order valence-electron chi connectivity index (χ4n) is 2.73. The summed E-state index contributed by atoms with van der Waals surface area (Å²) in [7, 11) is 1.88. The van der Waals surface area contributed by atoms with Gasteiger partial charge in [0, 0.05) is 23.3 Å². The Labute approximate surface area is 166 Å². The van der Waals surface area contributed by atoms with Crippen molar-refractivity contribution in [3.63, 3.8) is 0 Å². The predicted octanol–water partition coefficient (Wildman–Crippen LogP) is 4.32. The minimum atomic E-state index is 0.654. The summed E-state index contributed by atoms with van der Waals surface area (Å²) < 4.78 is 3.83. The fourth-order valence-corrected chi connectivity index (χ4v) is 3.79. The molecule has 0 unspecified atom stereocenters. The number of halogens is 1. The highest BCUT2D eigenvalue weighted by molar-refractivity contribution is 7.98. The van der Waals surface area contributed by atoms with E-state index in [-0.39, 0.29) is 0 Å². The smallest absolute Gasteiger partial charge is 0.196 e. The van der Waals surface area contributed by atoms with Crippen LogP contribution in [0.25, 0.3) is 17.1 Å². The average Bonchev–Trinajstić information content (AvgIpc) is 3.26. The van der Waals surface area contributed by atoms with Crippen molar-refractivity contribution in [2.24, 2.45) is 7.05 Å². The van der Waals surface area contributed by atoms with Gasteiger partial charge in [0.25, 0.3) is 0 Å². The molecule has 2 aromatic heterocycles. The van der Waals surface area contributed by atoms with Crippen LogP contribution in [0.5, 0.6) is 0 Å². The molecule has 0 aliphatic rings. The molecular formula is C19H17ClN6S. The first-order valence-corrected chi connectivity index (χ1v) is 9.72. The van der Waals surface area contributed by atoms with Gasteiger partial charge in [0.2, 0.25) is 0 Å². The molecule has 0 N–H and O–H groups in total. The number of hydrogen-bond acceptors (Lipinski definition) is 5. The van der Waals surface area contributed by atoms with Gasteiger partial charge >= 0.3 is 0 Å². The standard InChI is InChI=1S/C19H17ClN6S/c1-13-4-3-5-16(10-13)26-18(14-6-8-15(20)9-7-14)23-24-19(26)27-11-17-21-12-22-25(17)2/h3-10,12H,11H2,1-2H3. The highest BCUT2D eigenvalue weighted by Crippen LogP contribution is 2.30. The zero-order chi connectivity index (χ0) is 18.8. The van der Waals surface area contributed by atoms with Crippen molar-refractivity contribution in [1.29, 1.82) is 0 Å². The van der Waals surface area contributed by atoms with Crippen LogP contribution in [0.3, 0.4) is 0 Å². The largest absolute Gasteiger partial charge is 0.270 e. The Kier molecular flexibility index (Phi) is 4.96.